The van der Waals surface area contributed by atoms with Crippen LogP contribution in [0.3, 0.4) is 0 Å². The summed E-state index contributed by atoms with van der Waals surface area (Å²) >= 11 is 0. The largest absolute Gasteiger partial charge is 0.478 e. The van der Waals surface area contributed by atoms with Crippen molar-refractivity contribution in [3.8, 4) is 0 Å². The molecule has 0 aromatic carbocycles. The van der Waals surface area contributed by atoms with Crippen LogP contribution in [0, 0.1) is 0 Å². The normalized spacial score (nSPS) is 10.2. The highest BCUT2D eigenvalue weighted by molar-refractivity contribution is 5.93. The molecule has 6 heteroatoms. The van der Waals surface area contributed by atoms with Gasteiger partial charge in [-0.25, -0.2) is 4.79 Å². The molecule has 1 amide bonds. The number of aromatic nitrogens is 1. The summed E-state index contributed by atoms with van der Waals surface area (Å²) in [5, 5.41) is 8.76. The second-order valence-corrected chi connectivity index (χ2v) is 3.82. The zero-order chi connectivity index (χ0) is 14.3. The third-order valence-electron chi connectivity index (χ3n) is 2.61. The zero-order valence-corrected chi connectivity index (χ0v) is 11.1. The summed E-state index contributed by atoms with van der Waals surface area (Å²) in [5.41, 5.74) is 0.303. The minimum atomic E-state index is -1.06. The number of amides is 1. The molecule has 1 aromatic rings. The van der Waals surface area contributed by atoms with Crippen LogP contribution >= 0.6 is 0 Å². The first kappa shape index (κ1) is 15.1. The van der Waals surface area contributed by atoms with E-state index in [0.717, 1.165) is 0 Å². The third-order valence-corrected chi connectivity index (χ3v) is 2.61. The van der Waals surface area contributed by atoms with Crippen LogP contribution in [0.2, 0.25) is 0 Å². The van der Waals surface area contributed by atoms with Gasteiger partial charge >= 0.3 is 5.97 Å². The molecule has 0 aliphatic heterocycles. The number of carbonyl (C=O) groups excluding carboxylic acids is 1. The molecule has 0 saturated carbocycles. The van der Waals surface area contributed by atoms with Gasteiger partial charge in [-0.3, -0.25) is 9.78 Å². The van der Waals surface area contributed by atoms with Gasteiger partial charge in [0.2, 0.25) is 0 Å². The lowest BCUT2D eigenvalue weighted by molar-refractivity contribution is 0.0659. The summed E-state index contributed by atoms with van der Waals surface area (Å²) < 4.78 is 5.21. The SMILES string of the molecule is CCOCCN(CC)C(=O)c1ccc(C(=O)O)cn1. The topological polar surface area (TPSA) is 79.7 Å². The Hall–Kier alpha value is -1.95. The Bertz CT molecular complexity index is 431. The number of nitrogens with zero attached hydrogens (tertiary/aromatic N) is 2. The lowest BCUT2D eigenvalue weighted by atomic mass is 10.2. The van der Waals surface area contributed by atoms with E-state index in [1.165, 1.54) is 18.3 Å². The van der Waals surface area contributed by atoms with Gasteiger partial charge in [0.25, 0.3) is 5.91 Å². The van der Waals surface area contributed by atoms with Crippen molar-refractivity contribution in [2.45, 2.75) is 13.8 Å². The molecule has 0 fully saturated rings. The number of carboxylic acid groups (broad SMARTS) is 1. The first-order valence-corrected chi connectivity index (χ1v) is 6.16. The molecule has 0 bridgehead atoms. The van der Waals surface area contributed by atoms with Crippen LogP contribution < -0.4 is 0 Å². The van der Waals surface area contributed by atoms with E-state index in [1.807, 2.05) is 13.8 Å². The van der Waals surface area contributed by atoms with E-state index in [1.54, 1.807) is 4.90 Å². The standard InChI is InChI=1S/C13H18N2O4/c1-3-15(7-8-19-4-2)12(16)11-6-5-10(9-14-11)13(17)18/h5-6,9H,3-4,7-8H2,1-2H3,(H,17,18). The van der Waals surface area contributed by atoms with Crippen molar-refractivity contribution in [2.75, 3.05) is 26.3 Å². The fourth-order valence-electron chi connectivity index (χ4n) is 1.53. The van der Waals surface area contributed by atoms with E-state index in [-0.39, 0.29) is 17.2 Å². The second kappa shape index (κ2) is 7.48. The molecule has 1 heterocycles. The number of ether oxygens (including phenoxy) is 1. The number of likely N-dealkylation sites (N-methyl/N-ethyl adjacent to an activating group) is 1. The summed E-state index contributed by atoms with van der Waals surface area (Å²) in [4.78, 5) is 28.3. The van der Waals surface area contributed by atoms with Gasteiger partial charge in [0, 0.05) is 25.9 Å². The molecule has 0 unspecified atom stereocenters. The average molecular weight is 266 g/mol. The predicted molar refractivity (Wildman–Crippen MR) is 69.3 cm³/mol. The molecule has 0 atom stereocenters. The Morgan fingerprint density at radius 2 is 2.11 bits per heavy atom. The minimum absolute atomic E-state index is 0.0638. The van der Waals surface area contributed by atoms with Crippen LogP contribution in [-0.4, -0.2) is 53.2 Å². The molecular weight excluding hydrogens is 248 g/mol. The highest BCUT2D eigenvalue weighted by atomic mass is 16.5. The Balaban J connectivity index is 2.71. The molecule has 1 rings (SSSR count). The van der Waals surface area contributed by atoms with Crippen molar-refractivity contribution in [3.05, 3.63) is 29.6 Å². The van der Waals surface area contributed by atoms with E-state index in [9.17, 15) is 9.59 Å². The fraction of sp³-hybridized carbons (Fsp3) is 0.462. The molecular formula is C13H18N2O4. The Kier molecular flexibility index (Phi) is 5.95. The van der Waals surface area contributed by atoms with Gasteiger partial charge in [-0.1, -0.05) is 0 Å². The molecule has 1 aromatic heterocycles. The average Bonchev–Trinajstić information content (AvgIpc) is 2.43. The quantitative estimate of drug-likeness (QED) is 0.752. The number of carbonyl (C=O) groups is 2. The van der Waals surface area contributed by atoms with Crippen LogP contribution in [0.1, 0.15) is 34.7 Å². The maximum absolute atomic E-state index is 12.1. The van der Waals surface area contributed by atoms with E-state index in [2.05, 4.69) is 4.98 Å². The van der Waals surface area contributed by atoms with Crippen molar-refractivity contribution in [1.29, 1.82) is 0 Å². The van der Waals surface area contributed by atoms with E-state index < -0.39 is 5.97 Å². The van der Waals surface area contributed by atoms with E-state index in [0.29, 0.717) is 26.3 Å². The van der Waals surface area contributed by atoms with Gasteiger partial charge in [-0.05, 0) is 26.0 Å². The lowest BCUT2D eigenvalue weighted by Gasteiger charge is -2.20. The lowest BCUT2D eigenvalue weighted by Crippen LogP contribution is -2.34. The molecule has 0 aliphatic carbocycles. The Morgan fingerprint density at radius 3 is 2.58 bits per heavy atom. The van der Waals surface area contributed by atoms with Crippen LogP contribution in [0.5, 0.6) is 0 Å². The summed E-state index contributed by atoms with van der Waals surface area (Å²) in [6.45, 7) is 5.89. The van der Waals surface area contributed by atoms with Gasteiger partial charge < -0.3 is 14.7 Å². The van der Waals surface area contributed by atoms with Crippen LogP contribution in [0.25, 0.3) is 0 Å². The van der Waals surface area contributed by atoms with Crippen molar-refractivity contribution in [2.24, 2.45) is 0 Å². The summed E-state index contributed by atoms with van der Waals surface area (Å²) in [6, 6.07) is 2.80. The first-order chi connectivity index (χ1) is 9.10. The fourth-order valence-corrected chi connectivity index (χ4v) is 1.53. The number of pyridine rings is 1. The van der Waals surface area contributed by atoms with Gasteiger partial charge in [0.1, 0.15) is 5.69 Å². The Labute approximate surface area is 112 Å². The van der Waals surface area contributed by atoms with Crippen LogP contribution in [-0.2, 0) is 4.74 Å². The molecule has 0 spiro atoms. The maximum atomic E-state index is 12.1. The second-order valence-electron chi connectivity index (χ2n) is 3.82. The first-order valence-electron chi connectivity index (χ1n) is 6.16. The van der Waals surface area contributed by atoms with Crippen molar-refractivity contribution >= 4 is 11.9 Å². The molecule has 0 radical (unpaired) electrons. The monoisotopic (exact) mass is 266 g/mol. The highest BCUT2D eigenvalue weighted by Crippen LogP contribution is 2.04. The molecule has 6 nitrogen and oxygen atoms in total. The van der Waals surface area contributed by atoms with E-state index >= 15 is 0 Å². The third kappa shape index (κ3) is 4.33. The van der Waals surface area contributed by atoms with Gasteiger partial charge in [0.15, 0.2) is 0 Å². The van der Waals surface area contributed by atoms with Crippen molar-refractivity contribution < 1.29 is 19.4 Å². The summed E-state index contributed by atoms with van der Waals surface area (Å²) in [5.74, 6) is -1.28. The van der Waals surface area contributed by atoms with Crippen molar-refractivity contribution in [1.82, 2.24) is 9.88 Å². The van der Waals surface area contributed by atoms with E-state index in [4.69, 9.17) is 9.84 Å². The number of hydrogen-bond donors (Lipinski definition) is 1. The van der Waals surface area contributed by atoms with Crippen LogP contribution in [0.4, 0.5) is 0 Å². The zero-order valence-electron chi connectivity index (χ0n) is 11.1. The number of aromatic carboxylic acids is 1. The predicted octanol–water partition coefficient (Wildman–Crippen LogP) is 1.28. The molecule has 19 heavy (non-hydrogen) atoms. The molecule has 0 aliphatic rings. The minimum Gasteiger partial charge on any atom is -0.478 e. The number of hydrogen-bond acceptors (Lipinski definition) is 4. The van der Waals surface area contributed by atoms with Crippen molar-refractivity contribution in [3.63, 3.8) is 0 Å². The number of rotatable bonds is 7. The summed E-state index contributed by atoms with van der Waals surface area (Å²) in [6.07, 6.45) is 1.19. The smallest absolute Gasteiger partial charge is 0.337 e. The Morgan fingerprint density at radius 1 is 1.37 bits per heavy atom. The summed E-state index contributed by atoms with van der Waals surface area (Å²) in [7, 11) is 0. The molecule has 104 valence electrons. The van der Waals surface area contributed by atoms with Crippen LogP contribution in [0.15, 0.2) is 18.3 Å². The van der Waals surface area contributed by atoms with Gasteiger partial charge in [-0.15, -0.1) is 0 Å². The van der Waals surface area contributed by atoms with Gasteiger partial charge in [-0.2, -0.15) is 0 Å². The molecule has 0 saturated heterocycles. The molecule has 1 N–H and O–H groups in total. The number of carboxylic acids is 1. The maximum Gasteiger partial charge on any atom is 0.337 e. The van der Waals surface area contributed by atoms with Gasteiger partial charge in [0.05, 0.1) is 12.2 Å². The highest BCUT2D eigenvalue weighted by Gasteiger charge is 2.15.